The SMILES string of the molecule is O=C(NC1CN2CCC1CC2)c1ccc(-c2ccccc2C(F)(F)F)s1. The van der Waals surface area contributed by atoms with Gasteiger partial charge in [0, 0.05) is 23.0 Å². The Balaban J connectivity index is 1.53. The molecule has 3 aliphatic heterocycles. The van der Waals surface area contributed by atoms with Crippen LogP contribution in [-0.2, 0) is 6.18 Å². The predicted molar refractivity (Wildman–Crippen MR) is 95.2 cm³/mol. The fraction of sp³-hybridized carbons (Fsp3) is 0.421. The van der Waals surface area contributed by atoms with Gasteiger partial charge in [-0.05, 0) is 50.0 Å². The van der Waals surface area contributed by atoms with Crippen LogP contribution in [0.25, 0.3) is 10.4 Å². The molecule has 3 fully saturated rings. The van der Waals surface area contributed by atoms with Crippen LogP contribution >= 0.6 is 11.3 Å². The van der Waals surface area contributed by atoms with Gasteiger partial charge in [0.1, 0.15) is 0 Å². The zero-order chi connectivity index (χ0) is 18.3. The molecule has 0 spiro atoms. The summed E-state index contributed by atoms with van der Waals surface area (Å²) in [5, 5.41) is 3.08. The quantitative estimate of drug-likeness (QED) is 0.863. The van der Waals surface area contributed by atoms with Crippen molar-refractivity contribution in [1.82, 2.24) is 10.2 Å². The van der Waals surface area contributed by atoms with Crippen LogP contribution in [0.2, 0.25) is 0 Å². The van der Waals surface area contributed by atoms with Crippen molar-refractivity contribution in [3.8, 4) is 10.4 Å². The van der Waals surface area contributed by atoms with Crippen LogP contribution in [0.5, 0.6) is 0 Å². The fourth-order valence-electron chi connectivity index (χ4n) is 3.92. The third kappa shape index (κ3) is 3.38. The maximum absolute atomic E-state index is 13.2. The van der Waals surface area contributed by atoms with Gasteiger partial charge in [-0.1, -0.05) is 18.2 Å². The smallest absolute Gasteiger partial charge is 0.347 e. The number of halogens is 3. The summed E-state index contributed by atoms with van der Waals surface area (Å²) in [5.41, 5.74) is -0.557. The number of rotatable bonds is 3. The molecular weight excluding hydrogens is 361 g/mol. The fourth-order valence-corrected chi connectivity index (χ4v) is 4.87. The van der Waals surface area contributed by atoms with Crippen molar-refractivity contribution in [3.05, 3.63) is 46.8 Å². The molecule has 1 amide bonds. The number of benzene rings is 1. The van der Waals surface area contributed by atoms with E-state index in [-0.39, 0.29) is 17.5 Å². The lowest BCUT2D eigenvalue weighted by atomic mass is 9.84. The van der Waals surface area contributed by atoms with Crippen molar-refractivity contribution in [2.24, 2.45) is 5.92 Å². The van der Waals surface area contributed by atoms with E-state index in [9.17, 15) is 18.0 Å². The first-order valence-corrected chi connectivity index (χ1v) is 9.53. The Hall–Kier alpha value is -1.86. The molecule has 1 atom stereocenters. The van der Waals surface area contributed by atoms with Crippen molar-refractivity contribution < 1.29 is 18.0 Å². The molecule has 1 unspecified atom stereocenters. The summed E-state index contributed by atoms with van der Waals surface area (Å²) in [6.45, 7) is 3.05. The largest absolute Gasteiger partial charge is 0.417 e. The molecule has 1 aromatic heterocycles. The zero-order valence-corrected chi connectivity index (χ0v) is 14.9. The summed E-state index contributed by atoms with van der Waals surface area (Å²) in [6.07, 6.45) is -2.22. The number of thiophene rings is 1. The second-order valence-corrected chi connectivity index (χ2v) is 8.01. The number of hydrogen-bond donors (Lipinski definition) is 1. The summed E-state index contributed by atoms with van der Waals surface area (Å²) in [4.78, 5) is 15.8. The minimum Gasteiger partial charge on any atom is -0.347 e. The number of piperidine rings is 3. The van der Waals surface area contributed by atoms with Gasteiger partial charge < -0.3 is 10.2 Å². The first kappa shape index (κ1) is 17.5. The molecule has 26 heavy (non-hydrogen) atoms. The Morgan fingerprint density at radius 1 is 1.12 bits per heavy atom. The lowest BCUT2D eigenvalue weighted by Crippen LogP contribution is -2.57. The Kier molecular flexibility index (Phi) is 4.52. The van der Waals surface area contributed by atoms with Crippen molar-refractivity contribution in [2.75, 3.05) is 19.6 Å². The summed E-state index contributed by atoms with van der Waals surface area (Å²) >= 11 is 1.11. The average Bonchev–Trinajstić information content (AvgIpc) is 3.12. The molecule has 4 heterocycles. The maximum Gasteiger partial charge on any atom is 0.417 e. The molecule has 1 aromatic carbocycles. The summed E-state index contributed by atoms with van der Waals surface area (Å²) in [7, 11) is 0. The highest BCUT2D eigenvalue weighted by molar-refractivity contribution is 7.17. The molecule has 3 saturated heterocycles. The molecule has 3 aliphatic rings. The Morgan fingerprint density at radius 2 is 1.85 bits per heavy atom. The molecule has 2 aromatic rings. The molecule has 7 heteroatoms. The summed E-state index contributed by atoms with van der Waals surface area (Å²) in [6, 6.07) is 8.83. The van der Waals surface area contributed by atoms with E-state index >= 15 is 0 Å². The van der Waals surface area contributed by atoms with Gasteiger partial charge in [0.15, 0.2) is 0 Å². The van der Waals surface area contributed by atoms with E-state index in [1.54, 1.807) is 18.2 Å². The first-order valence-electron chi connectivity index (χ1n) is 8.71. The van der Waals surface area contributed by atoms with Crippen LogP contribution in [0.15, 0.2) is 36.4 Å². The Labute approximate surface area is 153 Å². The second-order valence-electron chi connectivity index (χ2n) is 6.93. The van der Waals surface area contributed by atoms with Crippen LogP contribution in [0.3, 0.4) is 0 Å². The number of carbonyl (C=O) groups is 1. The van der Waals surface area contributed by atoms with Gasteiger partial charge in [-0.3, -0.25) is 4.79 Å². The second kappa shape index (κ2) is 6.70. The van der Waals surface area contributed by atoms with Gasteiger partial charge in [-0.2, -0.15) is 13.2 Å². The van der Waals surface area contributed by atoms with E-state index in [0.29, 0.717) is 15.7 Å². The number of nitrogens with zero attached hydrogens (tertiary/aromatic N) is 1. The van der Waals surface area contributed by atoms with Gasteiger partial charge in [0.2, 0.25) is 0 Å². The lowest BCUT2D eigenvalue weighted by molar-refractivity contribution is -0.137. The first-order chi connectivity index (χ1) is 12.4. The number of alkyl halides is 3. The number of carbonyl (C=O) groups excluding carboxylic acids is 1. The molecule has 1 N–H and O–H groups in total. The van der Waals surface area contributed by atoms with Crippen LogP contribution < -0.4 is 5.32 Å². The maximum atomic E-state index is 13.2. The number of nitrogens with one attached hydrogen (secondary N) is 1. The van der Waals surface area contributed by atoms with E-state index in [0.717, 1.165) is 49.9 Å². The summed E-state index contributed by atoms with van der Waals surface area (Å²) < 4.78 is 39.6. The molecular formula is C19H19F3N2OS. The van der Waals surface area contributed by atoms with E-state index in [1.807, 2.05) is 0 Å². The summed E-state index contributed by atoms with van der Waals surface area (Å²) in [5.74, 6) is 0.318. The minimum absolute atomic E-state index is 0.117. The average molecular weight is 380 g/mol. The molecule has 2 bridgehead atoms. The van der Waals surface area contributed by atoms with Crippen molar-refractivity contribution in [2.45, 2.75) is 25.1 Å². The Morgan fingerprint density at radius 3 is 2.50 bits per heavy atom. The third-order valence-corrected chi connectivity index (χ3v) is 6.42. The predicted octanol–water partition coefficient (Wildman–Crippen LogP) is 4.26. The molecule has 0 saturated carbocycles. The van der Waals surface area contributed by atoms with Crippen LogP contribution in [0.4, 0.5) is 13.2 Å². The van der Waals surface area contributed by atoms with Crippen molar-refractivity contribution >= 4 is 17.2 Å². The van der Waals surface area contributed by atoms with E-state index < -0.39 is 11.7 Å². The van der Waals surface area contributed by atoms with Gasteiger partial charge >= 0.3 is 6.18 Å². The van der Waals surface area contributed by atoms with Crippen LogP contribution in [0.1, 0.15) is 28.1 Å². The van der Waals surface area contributed by atoms with Crippen LogP contribution in [-0.4, -0.2) is 36.5 Å². The van der Waals surface area contributed by atoms with Crippen molar-refractivity contribution in [3.63, 3.8) is 0 Å². The number of hydrogen-bond acceptors (Lipinski definition) is 3. The number of amides is 1. The molecule has 3 nitrogen and oxygen atoms in total. The van der Waals surface area contributed by atoms with Gasteiger partial charge in [0.05, 0.1) is 10.4 Å². The van der Waals surface area contributed by atoms with Gasteiger partial charge in [-0.25, -0.2) is 0 Å². The van der Waals surface area contributed by atoms with Gasteiger partial charge in [0.25, 0.3) is 5.91 Å². The molecule has 0 aliphatic carbocycles. The lowest BCUT2D eigenvalue weighted by Gasteiger charge is -2.44. The van der Waals surface area contributed by atoms with E-state index in [1.165, 1.54) is 12.1 Å². The monoisotopic (exact) mass is 380 g/mol. The van der Waals surface area contributed by atoms with Gasteiger partial charge in [-0.15, -0.1) is 11.3 Å². The normalized spacial score (nSPS) is 25.3. The molecule has 138 valence electrons. The van der Waals surface area contributed by atoms with E-state index in [4.69, 9.17) is 0 Å². The standard InChI is InChI=1S/C19H19F3N2OS/c20-19(21,22)14-4-2-1-3-13(14)16-5-6-17(26-16)18(25)23-15-11-24-9-7-12(15)8-10-24/h1-6,12,15H,7-11H2,(H,23,25). The molecule has 5 rings (SSSR count). The van der Waals surface area contributed by atoms with Crippen molar-refractivity contribution in [1.29, 1.82) is 0 Å². The minimum atomic E-state index is -4.42. The highest BCUT2D eigenvalue weighted by Crippen LogP contribution is 2.39. The number of fused-ring (bicyclic) bond motifs is 3. The van der Waals surface area contributed by atoms with E-state index in [2.05, 4.69) is 10.2 Å². The third-order valence-electron chi connectivity index (χ3n) is 5.30. The molecule has 0 radical (unpaired) electrons. The highest BCUT2D eigenvalue weighted by atomic mass is 32.1. The topological polar surface area (TPSA) is 32.3 Å². The highest BCUT2D eigenvalue weighted by Gasteiger charge is 2.36. The van der Waals surface area contributed by atoms with Crippen LogP contribution in [0, 0.1) is 5.92 Å². The Bertz CT molecular complexity index is 809. The zero-order valence-electron chi connectivity index (χ0n) is 14.1.